The molecule has 0 aliphatic carbocycles. The molecule has 0 amide bonds. The van der Waals surface area contributed by atoms with E-state index < -0.39 is 19.2 Å². The maximum Gasteiger partial charge on any atom is 0.478 e. The third-order valence-electron chi connectivity index (χ3n) is 3.00. The molecule has 5 nitrogen and oxygen atoms in total. The van der Waals surface area contributed by atoms with Gasteiger partial charge in [-0.25, -0.2) is 0 Å². The van der Waals surface area contributed by atoms with Gasteiger partial charge in [0.05, 0.1) is 18.5 Å². The molecule has 96 valence electrons. The molecule has 3 N–H and O–H groups in total. The van der Waals surface area contributed by atoms with Gasteiger partial charge >= 0.3 is 13.1 Å². The van der Waals surface area contributed by atoms with Gasteiger partial charge in [-0.1, -0.05) is 18.2 Å². The Labute approximate surface area is 106 Å². The fourth-order valence-electron chi connectivity index (χ4n) is 2.10. The number of hydrogen-bond donors (Lipinski definition) is 3. The zero-order valence-electron chi connectivity index (χ0n) is 9.95. The number of aliphatic carboxylic acids is 1. The van der Waals surface area contributed by atoms with Crippen molar-refractivity contribution in [1.29, 1.82) is 0 Å². The lowest BCUT2D eigenvalue weighted by atomic mass is 9.72. The van der Waals surface area contributed by atoms with Gasteiger partial charge < -0.3 is 20.1 Å². The van der Waals surface area contributed by atoms with E-state index in [9.17, 15) is 9.82 Å². The van der Waals surface area contributed by atoms with Crippen LogP contribution in [0.25, 0.3) is 0 Å². The molecule has 1 aliphatic rings. The molecule has 18 heavy (non-hydrogen) atoms. The molecule has 1 heterocycles. The number of anilines is 1. The van der Waals surface area contributed by atoms with Crippen molar-refractivity contribution >= 4 is 18.8 Å². The summed E-state index contributed by atoms with van der Waals surface area (Å²) in [6, 6.07) is 9.56. The lowest BCUT2D eigenvalue weighted by Crippen LogP contribution is -2.47. The van der Waals surface area contributed by atoms with Crippen LogP contribution in [-0.2, 0) is 9.45 Å². The molecule has 1 aromatic rings. The minimum atomic E-state index is -0.969. The predicted molar refractivity (Wildman–Crippen MR) is 68.2 cm³/mol. The van der Waals surface area contributed by atoms with Crippen LogP contribution in [0.15, 0.2) is 30.3 Å². The van der Waals surface area contributed by atoms with E-state index in [1.165, 1.54) is 0 Å². The van der Waals surface area contributed by atoms with Crippen LogP contribution in [0, 0.1) is 0 Å². The van der Waals surface area contributed by atoms with Crippen LogP contribution < -0.4 is 5.32 Å². The zero-order valence-corrected chi connectivity index (χ0v) is 9.95. The normalized spacial score (nSPS) is 23.7. The highest BCUT2D eigenvalue weighted by atomic mass is 16.5. The summed E-state index contributed by atoms with van der Waals surface area (Å²) in [6.45, 7) is 0. The van der Waals surface area contributed by atoms with Gasteiger partial charge in [0.2, 0.25) is 0 Å². The summed E-state index contributed by atoms with van der Waals surface area (Å²) in [5.41, 5.74) is 0.918. The summed E-state index contributed by atoms with van der Waals surface area (Å²) in [7, 11) is -0.969. The van der Waals surface area contributed by atoms with Crippen molar-refractivity contribution in [2.45, 2.75) is 31.3 Å². The average Bonchev–Trinajstić information content (AvgIpc) is 2.33. The van der Waals surface area contributed by atoms with Crippen LogP contribution in [0.2, 0.25) is 0 Å². The van der Waals surface area contributed by atoms with Crippen LogP contribution >= 0.6 is 0 Å². The SMILES string of the molecule is O=C(O)CC1CCC(Nc2ccccc2)B(O)O1. The maximum absolute atomic E-state index is 10.6. The second-order valence-electron chi connectivity index (χ2n) is 4.44. The van der Waals surface area contributed by atoms with Crippen molar-refractivity contribution in [3.05, 3.63) is 30.3 Å². The lowest BCUT2D eigenvalue weighted by molar-refractivity contribution is -0.139. The Balaban J connectivity index is 1.88. The molecule has 0 bridgehead atoms. The number of hydrogen-bond acceptors (Lipinski definition) is 4. The topological polar surface area (TPSA) is 78.8 Å². The quantitative estimate of drug-likeness (QED) is 0.697. The van der Waals surface area contributed by atoms with E-state index in [4.69, 9.17) is 9.76 Å². The first-order valence-corrected chi connectivity index (χ1v) is 6.02. The smallest absolute Gasteiger partial charge is 0.478 e. The molecule has 0 aromatic heterocycles. The molecule has 1 aromatic carbocycles. The predicted octanol–water partition coefficient (Wildman–Crippen LogP) is 1.14. The number of rotatable bonds is 4. The first-order chi connectivity index (χ1) is 8.65. The summed E-state index contributed by atoms with van der Waals surface area (Å²) in [4.78, 5) is 10.6. The highest BCUT2D eigenvalue weighted by Gasteiger charge is 2.35. The molecule has 0 radical (unpaired) electrons. The molecular weight excluding hydrogens is 233 g/mol. The summed E-state index contributed by atoms with van der Waals surface area (Å²) >= 11 is 0. The van der Waals surface area contributed by atoms with Crippen molar-refractivity contribution in [3.63, 3.8) is 0 Å². The van der Waals surface area contributed by atoms with E-state index in [0.717, 1.165) is 5.69 Å². The van der Waals surface area contributed by atoms with Crippen molar-refractivity contribution in [2.75, 3.05) is 5.32 Å². The Hall–Kier alpha value is -1.53. The fourth-order valence-corrected chi connectivity index (χ4v) is 2.10. The van der Waals surface area contributed by atoms with Gasteiger partial charge in [-0.3, -0.25) is 4.79 Å². The molecule has 0 saturated carbocycles. The number of carboxylic acids is 1. The molecule has 2 unspecified atom stereocenters. The van der Waals surface area contributed by atoms with Gasteiger partial charge in [0.1, 0.15) is 0 Å². The molecule has 2 rings (SSSR count). The highest BCUT2D eigenvalue weighted by Crippen LogP contribution is 2.21. The minimum Gasteiger partial charge on any atom is -0.481 e. The van der Waals surface area contributed by atoms with Gasteiger partial charge in [-0.05, 0) is 25.0 Å². The highest BCUT2D eigenvalue weighted by molar-refractivity contribution is 6.46. The van der Waals surface area contributed by atoms with Gasteiger partial charge in [0.25, 0.3) is 0 Å². The first-order valence-electron chi connectivity index (χ1n) is 6.02. The second kappa shape index (κ2) is 5.88. The van der Waals surface area contributed by atoms with Crippen molar-refractivity contribution < 1.29 is 19.6 Å². The van der Waals surface area contributed by atoms with E-state index in [2.05, 4.69) is 5.32 Å². The van der Waals surface area contributed by atoms with Gasteiger partial charge in [-0.2, -0.15) is 0 Å². The molecule has 1 aliphatic heterocycles. The maximum atomic E-state index is 10.6. The Bertz CT molecular complexity index is 400. The summed E-state index contributed by atoms with van der Waals surface area (Å²) < 4.78 is 5.29. The van der Waals surface area contributed by atoms with E-state index in [0.29, 0.717) is 12.8 Å². The monoisotopic (exact) mass is 249 g/mol. The van der Waals surface area contributed by atoms with Crippen LogP contribution in [0.4, 0.5) is 5.69 Å². The van der Waals surface area contributed by atoms with Crippen LogP contribution in [0.3, 0.4) is 0 Å². The Morgan fingerprint density at radius 1 is 1.39 bits per heavy atom. The minimum absolute atomic E-state index is 0.0604. The van der Waals surface area contributed by atoms with Gasteiger partial charge in [-0.15, -0.1) is 0 Å². The fraction of sp³-hybridized carbons (Fsp3) is 0.417. The second-order valence-corrected chi connectivity index (χ2v) is 4.44. The Kier molecular flexibility index (Phi) is 4.22. The first kappa shape index (κ1) is 12.9. The number of benzene rings is 1. The van der Waals surface area contributed by atoms with Crippen LogP contribution in [0.1, 0.15) is 19.3 Å². The molecule has 1 fully saturated rings. The van der Waals surface area contributed by atoms with Crippen LogP contribution in [-0.4, -0.2) is 35.3 Å². The van der Waals surface area contributed by atoms with E-state index in [1.54, 1.807) is 0 Å². The molecule has 1 saturated heterocycles. The largest absolute Gasteiger partial charge is 0.481 e. The number of carboxylic acid groups (broad SMARTS) is 1. The lowest BCUT2D eigenvalue weighted by Gasteiger charge is -2.31. The van der Waals surface area contributed by atoms with Crippen molar-refractivity contribution in [2.24, 2.45) is 0 Å². The van der Waals surface area contributed by atoms with E-state index >= 15 is 0 Å². The number of nitrogens with one attached hydrogen (secondary N) is 1. The van der Waals surface area contributed by atoms with Gasteiger partial charge in [0, 0.05) is 5.69 Å². The molecular formula is C12H16BNO4. The third-order valence-corrected chi connectivity index (χ3v) is 3.00. The van der Waals surface area contributed by atoms with E-state index in [-0.39, 0.29) is 12.4 Å². The van der Waals surface area contributed by atoms with E-state index in [1.807, 2.05) is 30.3 Å². The summed E-state index contributed by atoms with van der Waals surface area (Å²) in [6.07, 6.45) is 0.864. The Morgan fingerprint density at radius 3 is 2.72 bits per heavy atom. The number of para-hydroxylation sites is 1. The number of carbonyl (C=O) groups is 1. The Morgan fingerprint density at radius 2 is 2.11 bits per heavy atom. The standard InChI is InChI=1S/C12H16BNO4/c15-12(16)8-10-6-7-11(13(17)18-10)14-9-4-2-1-3-5-9/h1-5,10-11,14,17H,6-8H2,(H,15,16). The van der Waals surface area contributed by atoms with Crippen molar-refractivity contribution in [1.82, 2.24) is 0 Å². The summed E-state index contributed by atoms with van der Waals surface area (Å²) in [5.74, 6) is -1.10. The van der Waals surface area contributed by atoms with Gasteiger partial charge in [0.15, 0.2) is 0 Å². The zero-order chi connectivity index (χ0) is 13.0. The molecule has 2 atom stereocenters. The molecule has 6 heteroatoms. The van der Waals surface area contributed by atoms with Crippen LogP contribution in [0.5, 0.6) is 0 Å². The summed E-state index contributed by atoms with van der Waals surface area (Å²) in [5, 5.41) is 21.7. The third kappa shape index (κ3) is 3.48. The molecule has 0 spiro atoms. The van der Waals surface area contributed by atoms with Crippen molar-refractivity contribution in [3.8, 4) is 0 Å². The average molecular weight is 249 g/mol.